The van der Waals surface area contributed by atoms with Crippen molar-refractivity contribution in [3.8, 4) is 0 Å². The molecule has 0 aliphatic heterocycles. The number of rotatable bonds is 8. The normalized spacial score (nSPS) is 21.6. The van der Waals surface area contributed by atoms with Crippen LogP contribution in [0, 0.1) is 0 Å². The maximum atomic E-state index is 12.3. The number of hydrogen-bond donors (Lipinski definition) is 1. The summed E-state index contributed by atoms with van der Waals surface area (Å²) in [5.74, 6) is 0.0287. The fourth-order valence-electron chi connectivity index (χ4n) is 4.16. The molecule has 150 valence electrons. The number of fused-ring (bicyclic) bond motifs is 2. The van der Waals surface area contributed by atoms with Gasteiger partial charge in [-0.15, -0.1) is 0 Å². The van der Waals surface area contributed by atoms with Gasteiger partial charge in [0.2, 0.25) is 0 Å². The van der Waals surface area contributed by atoms with E-state index in [4.69, 9.17) is 15.2 Å². The molecule has 0 spiro atoms. The smallest absolute Gasteiger partial charge is 0.154 e. The predicted molar refractivity (Wildman–Crippen MR) is 109 cm³/mol. The standard InChI is InChI=1S/C22H27NO4S/c23-22-20-8-4-3-7-18(20)15-21(22)27-10-12-28(24,25)11-9-26-19-13-16-5-1-2-6-17(16)14-19/h1-8,19,21-22H,9-15,23H2/t21-,22+/m1/s1. The Bertz CT molecular complexity index is 903. The van der Waals surface area contributed by atoms with Crippen molar-refractivity contribution in [1.82, 2.24) is 0 Å². The zero-order valence-corrected chi connectivity index (χ0v) is 16.7. The van der Waals surface area contributed by atoms with Gasteiger partial charge in [-0.2, -0.15) is 0 Å². The monoisotopic (exact) mass is 401 g/mol. The lowest BCUT2D eigenvalue weighted by molar-refractivity contribution is 0.0537. The van der Waals surface area contributed by atoms with Crippen LogP contribution in [0.4, 0.5) is 0 Å². The van der Waals surface area contributed by atoms with E-state index in [1.165, 1.54) is 16.7 Å². The molecule has 0 saturated carbocycles. The van der Waals surface area contributed by atoms with Gasteiger partial charge in [-0.3, -0.25) is 0 Å². The zero-order valence-electron chi connectivity index (χ0n) is 15.9. The highest BCUT2D eigenvalue weighted by atomic mass is 32.2. The summed E-state index contributed by atoms with van der Waals surface area (Å²) >= 11 is 0. The summed E-state index contributed by atoms with van der Waals surface area (Å²) in [7, 11) is -3.21. The molecular formula is C22H27NO4S. The van der Waals surface area contributed by atoms with Gasteiger partial charge in [0.1, 0.15) is 0 Å². The van der Waals surface area contributed by atoms with E-state index in [0.717, 1.165) is 24.8 Å². The predicted octanol–water partition coefficient (Wildman–Crippen LogP) is 2.23. The Balaban J connectivity index is 1.17. The number of nitrogens with two attached hydrogens (primary N) is 1. The van der Waals surface area contributed by atoms with Gasteiger partial charge in [0.15, 0.2) is 9.84 Å². The van der Waals surface area contributed by atoms with Crippen molar-refractivity contribution in [2.45, 2.75) is 37.5 Å². The fraction of sp³-hybridized carbons (Fsp3) is 0.455. The fourth-order valence-corrected chi connectivity index (χ4v) is 5.06. The lowest BCUT2D eigenvalue weighted by Gasteiger charge is -2.17. The topological polar surface area (TPSA) is 78.6 Å². The first-order chi connectivity index (χ1) is 13.5. The third kappa shape index (κ3) is 4.46. The third-order valence-electron chi connectivity index (χ3n) is 5.72. The van der Waals surface area contributed by atoms with Crippen molar-refractivity contribution in [2.24, 2.45) is 5.73 Å². The van der Waals surface area contributed by atoms with Crippen molar-refractivity contribution < 1.29 is 17.9 Å². The first-order valence-electron chi connectivity index (χ1n) is 9.85. The van der Waals surface area contributed by atoms with Crippen LogP contribution in [0.1, 0.15) is 28.3 Å². The minimum atomic E-state index is -3.21. The first kappa shape index (κ1) is 19.6. The Morgan fingerprint density at radius 2 is 1.39 bits per heavy atom. The summed E-state index contributed by atoms with van der Waals surface area (Å²) in [6, 6.07) is 16.1. The van der Waals surface area contributed by atoms with Crippen LogP contribution < -0.4 is 5.73 Å². The van der Waals surface area contributed by atoms with Gasteiger partial charge in [-0.25, -0.2) is 8.42 Å². The van der Waals surface area contributed by atoms with Crippen LogP contribution in [0.25, 0.3) is 0 Å². The average molecular weight is 402 g/mol. The molecule has 2 aromatic rings. The number of ether oxygens (including phenoxy) is 2. The van der Waals surface area contributed by atoms with Gasteiger partial charge in [0.05, 0.1) is 43.0 Å². The summed E-state index contributed by atoms with van der Waals surface area (Å²) in [4.78, 5) is 0. The van der Waals surface area contributed by atoms with E-state index in [1.54, 1.807) is 0 Å². The van der Waals surface area contributed by atoms with E-state index in [2.05, 4.69) is 12.1 Å². The SMILES string of the molecule is N[C@H]1c2ccccc2C[C@H]1OCCS(=O)(=O)CCOC1Cc2ccccc2C1. The average Bonchev–Trinajstić information content (AvgIpc) is 3.23. The molecule has 0 aromatic heterocycles. The van der Waals surface area contributed by atoms with Crippen LogP contribution in [0.5, 0.6) is 0 Å². The second-order valence-electron chi connectivity index (χ2n) is 7.66. The number of benzene rings is 2. The van der Waals surface area contributed by atoms with E-state index in [0.29, 0.717) is 0 Å². The molecule has 0 saturated heterocycles. The minimum Gasteiger partial charge on any atom is -0.376 e. The van der Waals surface area contributed by atoms with Crippen LogP contribution in [0.3, 0.4) is 0 Å². The Morgan fingerprint density at radius 1 is 0.821 bits per heavy atom. The molecular weight excluding hydrogens is 374 g/mol. The lowest BCUT2D eigenvalue weighted by atomic mass is 10.1. The summed E-state index contributed by atoms with van der Waals surface area (Å²) < 4.78 is 36.2. The Kier molecular flexibility index (Phi) is 5.83. The van der Waals surface area contributed by atoms with E-state index in [1.807, 2.05) is 36.4 Å². The van der Waals surface area contributed by atoms with E-state index in [9.17, 15) is 8.42 Å². The second kappa shape index (κ2) is 8.33. The molecule has 28 heavy (non-hydrogen) atoms. The van der Waals surface area contributed by atoms with Gasteiger partial charge in [0.25, 0.3) is 0 Å². The van der Waals surface area contributed by atoms with Crippen molar-refractivity contribution >= 4 is 9.84 Å². The first-order valence-corrected chi connectivity index (χ1v) is 11.7. The number of sulfone groups is 1. The lowest BCUT2D eigenvalue weighted by Crippen LogP contribution is -2.28. The molecule has 0 unspecified atom stereocenters. The molecule has 0 bridgehead atoms. The van der Waals surface area contributed by atoms with Crippen LogP contribution in [-0.2, 0) is 38.6 Å². The van der Waals surface area contributed by atoms with Crippen molar-refractivity contribution in [3.05, 3.63) is 70.8 Å². The van der Waals surface area contributed by atoms with Gasteiger partial charge in [0, 0.05) is 6.42 Å². The maximum absolute atomic E-state index is 12.3. The van der Waals surface area contributed by atoms with Crippen molar-refractivity contribution in [1.29, 1.82) is 0 Å². The van der Waals surface area contributed by atoms with E-state index >= 15 is 0 Å². The third-order valence-corrected chi connectivity index (χ3v) is 7.30. The van der Waals surface area contributed by atoms with Gasteiger partial charge >= 0.3 is 0 Å². The van der Waals surface area contributed by atoms with Crippen LogP contribution in [0.15, 0.2) is 48.5 Å². The van der Waals surface area contributed by atoms with Crippen LogP contribution in [-0.4, -0.2) is 45.3 Å². The maximum Gasteiger partial charge on any atom is 0.154 e. The molecule has 5 nitrogen and oxygen atoms in total. The molecule has 2 aliphatic rings. The Hall–Kier alpha value is -1.73. The number of hydrogen-bond acceptors (Lipinski definition) is 5. The molecule has 0 amide bonds. The molecule has 0 radical (unpaired) electrons. The largest absolute Gasteiger partial charge is 0.376 e. The molecule has 2 aliphatic carbocycles. The molecule has 2 N–H and O–H groups in total. The van der Waals surface area contributed by atoms with Crippen LogP contribution in [0.2, 0.25) is 0 Å². The van der Waals surface area contributed by atoms with Crippen molar-refractivity contribution in [3.63, 3.8) is 0 Å². The van der Waals surface area contributed by atoms with Gasteiger partial charge < -0.3 is 15.2 Å². The van der Waals surface area contributed by atoms with Crippen LogP contribution >= 0.6 is 0 Å². The van der Waals surface area contributed by atoms with Gasteiger partial charge in [-0.05, 0) is 35.1 Å². The summed E-state index contributed by atoms with van der Waals surface area (Å²) in [6.07, 6.45) is 2.39. The summed E-state index contributed by atoms with van der Waals surface area (Å²) in [5.41, 5.74) is 11.1. The molecule has 6 heteroatoms. The summed E-state index contributed by atoms with van der Waals surface area (Å²) in [6.45, 7) is 0.402. The van der Waals surface area contributed by atoms with Gasteiger partial charge in [-0.1, -0.05) is 48.5 Å². The van der Waals surface area contributed by atoms with Crippen molar-refractivity contribution in [2.75, 3.05) is 24.7 Å². The quantitative estimate of drug-likeness (QED) is 0.734. The Labute approximate surface area is 166 Å². The highest BCUT2D eigenvalue weighted by Gasteiger charge is 2.30. The molecule has 0 heterocycles. The molecule has 0 fully saturated rings. The molecule has 4 rings (SSSR count). The van der Waals surface area contributed by atoms with E-state index in [-0.39, 0.29) is 43.0 Å². The molecule has 2 aromatic carbocycles. The second-order valence-corrected chi connectivity index (χ2v) is 9.96. The minimum absolute atomic E-state index is 0.000811. The highest BCUT2D eigenvalue weighted by Crippen LogP contribution is 2.31. The van der Waals surface area contributed by atoms with E-state index < -0.39 is 9.84 Å². The highest BCUT2D eigenvalue weighted by molar-refractivity contribution is 7.91. The molecule has 2 atom stereocenters. The zero-order chi connectivity index (χ0) is 19.6. The Morgan fingerprint density at radius 3 is 2.04 bits per heavy atom. The summed E-state index contributed by atoms with van der Waals surface area (Å²) in [5, 5.41) is 0.